The Morgan fingerprint density at radius 3 is 2.53 bits per heavy atom. The number of nitrogens with zero attached hydrogens (tertiary/aromatic N) is 4. The fraction of sp³-hybridized carbons (Fsp3) is 0.261. The van der Waals surface area contributed by atoms with E-state index in [0.717, 1.165) is 6.42 Å². The highest BCUT2D eigenvalue weighted by Crippen LogP contribution is 2.32. The van der Waals surface area contributed by atoms with Crippen LogP contribution in [0.15, 0.2) is 42.5 Å². The summed E-state index contributed by atoms with van der Waals surface area (Å²) in [4.78, 5) is 33.5. The van der Waals surface area contributed by atoms with E-state index in [9.17, 15) is 14.9 Å². The van der Waals surface area contributed by atoms with Crippen molar-refractivity contribution in [2.45, 2.75) is 27.2 Å². The van der Waals surface area contributed by atoms with Gasteiger partial charge in [0, 0.05) is 18.2 Å². The van der Waals surface area contributed by atoms with Gasteiger partial charge in [0.1, 0.15) is 16.9 Å². The number of nitrogen functional groups attached to an aromatic ring is 1. The molecule has 0 radical (unpaired) electrons. The minimum Gasteiger partial charge on any atom is -0.384 e. The van der Waals surface area contributed by atoms with Gasteiger partial charge in [-0.05, 0) is 37.5 Å². The molecule has 2 aromatic carbocycles. The molecule has 0 aliphatic heterocycles. The molecule has 0 atom stereocenters. The van der Waals surface area contributed by atoms with Crippen LogP contribution in [0.5, 0.6) is 0 Å². The number of nitrogens with two attached hydrogens (primary N) is 1. The summed E-state index contributed by atoms with van der Waals surface area (Å²) in [6.07, 6.45) is 0.822. The van der Waals surface area contributed by atoms with Crippen LogP contribution >= 0.6 is 0 Å². The second-order valence-corrected chi connectivity index (χ2v) is 8.15. The summed E-state index contributed by atoms with van der Waals surface area (Å²) in [7, 11) is 0. The van der Waals surface area contributed by atoms with Crippen LogP contribution in [0.4, 0.5) is 11.5 Å². The molecule has 9 nitrogen and oxygen atoms in total. The van der Waals surface area contributed by atoms with E-state index in [0.29, 0.717) is 45.9 Å². The average molecular weight is 432 g/mol. The number of anilines is 1. The number of benzene rings is 2. The third kappa shape index (κ3) is 3.73. The van der Waals surface area contributed by atoms with Crippen LogP contribution in [0, 0.1) is 23.0 Å². The number of fused-ring (bicyclic) bond motifs is 2. The quantitative estimate of drug-likeness (QED) is 0.348. The summed E-state index contributed by atoms with van der Waals surface area (Å²) in [6.45, 7) is 6.32. The lowest BCUT2D eigenvalue weighted by Crippen LogP contribution is -2.26. The van der Waals surface area contributed by atoms with E-state index in [1.807, 2.05) is 24.3 Å². The van der Waals surface area contributed by atoms with E-state index in [-0.39, 0.29) is 23.0 Å². The lowest BCUT2D eigenvalue weighted by Gasteiger charge is -2.09. The van der Waals surface area contributed by atoms with Gasteiger partial charge in [-0.25, -0.2) is 9.97 Å². The third-order valence-electron chi connectivity index (χ3n) is 5.38. The molecule has 2 aromatic heterocycles. The topological polar surface area (TPSA) is 129 Å². The Balaban J connectivity index is 1.96. The molecule has 0 saturated carbocycles. The molecular formula is C23H24N6O3. The van der Waals surface area contributed by atoms with Gasteiger partial charge in [0.2, 0.25) is 0 Å². The van der Waals surface area contributed by atoms with Gasteiger partial charge in [-0.2, -0.15) is 0 Å². The number of aryl methyl sites for hydroxylation is 1. The van der Waals surface area contributed by atoms with Crippen molar-refractivity contribution in [3.05, 3.63) is 63.7 Å². The molecule has 164 valence electrons. The highest BCUT2D eigenvalue weighted by molar-refractivity contribution is 6.11. The molecule has 4 aromatic rings. The monoisotopic (exact) mass is 432 g/mol. The first-order valence-electron chi connectivity index (χ1n) is 10.4. The Morgan fingerprint density at radius 2 is 1.88 bits per heavy atom. The molecular weight excluding hydrogens is 408 g/mol. The van der Waals surface area contributed by atoms with Crippen molar-refractivity contribution < 1.29 is 9.72 Å². The molecule has 0 bridgehead atoms. The van der Waals surface area contributed by atoms with Gasteiger partial charge in [-0.15, -0.1) is 0 Å². The molecule has 32 heavy (non-hydrogen) atoms. The minimum absolute atomic E-state index is 0.0413. The molecule has 2 heterocycles. The van der Waals surface area contributed by atoms with Gasteiger partial charge in [-0.1, -0.05) is 32.0 Å². The molecule has 0 unspecified atom stereocenters. The van der Waals surface area contributed by atoms with Crippen molar-refractivity contribution in [2.24, 2.45) is 5.92 Å². The van der Waals surface area contributed by atoms with Gasteiger partial charge in [0.15, 0.2) is 5.65 Å². The van der Waals surface area contributed by atoms with Crippen molar-refractivity contribution in [3.63, 3.8) is 0 Å². The number of nitrogens with one attached hydrogen (secondary N) is 1. The third-order valence-corrected chi connectivity index (χ3v) is 5.38. The molecule has 0 fully saturated rings. The summed E-state index contributed by atoms with van der Waals surface area (Å²) in [5.74, 6) is 0.222. The normalized spacial score (nSPS) is 11.4. The molecule has 3 N–H and O–H groups in total. The molecule has 9 heteroatoms. The Labute approximate surface area is 184 Å². The van der Waals surface area contributed by atoms with Crippen LogP contribution < -0.4 is 11.1 Å². The van der Waals surface area contributed by atoms with Crippen LogP contribution in [0.3, 0.4) is 0 Å². The van der Waals surface area contributed by atoms with Gasteiger partial charge >= 0.3 is 0 Å². The molecule has 0 aliphatic carbocycles. The standard InChI is InChI=1S/C23H24N6O3/c1-13(2)10-11-25-23(30)19-20-22(27-17-7-5-4-6-16(17)26-20)28(21(19)24)15-9-8-14(3)18(12-15)29(31)32/h4-9,12-13H,10-11,24H2,1-3H3,(H,25,30). The van der Waals surface area contributed by atoms with Gasteiger partial charge in [0.05, 0.1) is 21.6 Å². The van der Waals surface area contributed by atoms with Crippen LogP contribution in [0.1, 0.15) is 36.2 Å². The van der Waals surface area contributed by atoms with Crippen molar-refractivity contribution in [1.29, 1.82) is 0 Å². The largest absolute Gasteiger partial charge is 0.384 e. The number of nitro groups is 1. The van der Waals surface area contributed by atoms with E-state index in [1.54, 1.807) is 23.6 Å². The van der Waals surface area contributed by atoms with Crippen molar-refractivity contribution in [2.75, 3.05) is 12.3 Å². The molecule has 1 amide bonds. The number of nitro benzene ring substituents is 1. The van der Waals surface area contributed by atoms with E-state index < -0.39 is 4.92 Å². The number of hydrogen-bond donors (Lipinski definition) is 2. The molecule has 0 aliphatic rings. The number of aromatic nitrogens is 3. The zero-order chi connectivity index (χ0) is 23.0. The van der Waals surface area contributed by atoms with Crippen LogP contribution in [-0.4, -0.2) is 31.9 Å². The lowest BCUT2D eigenvalue weighted by molar-refractivity contribution is -0.385. The van der Waals surface area contributed by atoms with E-state index in [2.05, 4.69) is 24.1 Å². The minimum atomic E-state index is -0.443. The first kappa shape index (κ1) is 21.2. The molecule has 0 spiro atoms. The summed E-state index contributed by atoms with van der Waals surface area (Å²) in [6, 6.07) is 12.1. The highest BCUT2D eigenvalue weighted by atomic mass is 16.6. The predicted octanol–water partition coefficient (Wildman–Crippen LogP) is 4.15. The van der Waals surface area contributed by atoms with E-state index in [1.165, 1.54) is 6.07 Å². The Hall–Kier alpha value is -4.01. The van der Waals surface area contributed by atoms with Crippen molar-refractivity contribution >= 4 is 39.6 Å². The zero-order valence-corrected chi connectivity index (χ0v) is 18.1. The zero-order valence-electron chi connectivity index (χ0n) is 18.1. The number of carbonyl (C=O) groups excluding carboxylic acids is 1. The highest BCUT2D eigenvalue weighted by Gasteiger charge is 2.25. The summed E-state index contributed by atoms with van der Waals surface area (Å²) in [5.41, 5.74) is 9.58. The first-order chi connectivity index (χ1) is 15.3. The second kappa shape index (κ2) is 8.26. The number of hydrogen-bond acceptors (Lipinski definition) is 6. The smallest absolute Gasteiger partial charge is 0.274 e. The van der Waals surface area contributed by atoms with Gasteiger partial charge < -0.3 is 11.1 Å². The fourth-order valence-corrected chi connectivity index (χ4v) is 3.64. The van der Waals surface area contributed by atoms with E-state index in [4.69, 9.17) is 10.7 Å². The number of carbonyl (C=O) groups is 1. The SMILES string of the molecule is Cc1ccc(-n2c(N)c(C(=O)NCCC(C)C)c3nc4ccccc4nc32)cc1[N+](=O)[O-]. The number of para-hydroxylation sites is 2. The fourth-order valence-electron chi connectivity index (χ4n) is 3.64. The predicted molar refractivity (Wildman–Crippen MR) is 124 cm³/mol. The Kier molecular flexibility index (Phi) is 5.48. The maximum absolute atomic E-state index is 13.1. The molecule has 4 rings (SSSR count). The van der Waals surface area contributed by atoms with Crippen molar-refractivity contribution in [3.8, 4) is 5.69 Å². The Bertz CT molecular complexity index is 1360. The summed E-state index contributed by atoms with van der Waals surface area (Å²) >= 11 is 0. The number of amides is 1. The van der Waals surface area contributed by atoms with Crippen LogP contribution in [0.2, 0.25) is 0 Å². The lowest BCUT2D eigenvalue weighted by atomic mass is 10.1. The molecule has 0 saturated heterocycles. The summed E-state index contributed by atoms with van der Waals surface area (Å²) < 4.78 is 1.55. The van der Waals surface area contributed by atoms with E-state index >= 15 is 0 Å². The van der Waals surface area contributed by atoms with Gasteiger partial charge in [0.25, 0.3) is 11.6 Å². The van der Waals surface area contributed by atoms with Crippen LogP contribution in [-0.2, 0) is 0 Å². The van der Waals surface area contributed by atoms with Crippen molar-refractivity contribution in [1.82, 2.24) is 19.9 Å². The van der Waals surface area contributed by atoms with Crippen LogP contribution in [0.25, 0.3) is 27.9 Å². The number of rotatable bonds is 6. The summed E-state index contributed by atoms with van der Waals surface area (Å²) in [5, 5.41) is 14.4. The average Bonchev–Trinajstić information content (AvgIpc) is 3.02. The first-order valence-corrected chi connectivity index (χ1v) is 10.4. The maximum Gasteiger partial charge on any atom is 0.274 e. The van der Waals surface area contributed by atoms with Gasteiger partial charge in [-0.3, -0.25) is 19.5 Å². The Morgan fingerprint density at radius 1 is 1.19 bits per heavy atom. The second-order valence-electron chi connectivity index (χ2n) is 8.15. The maximum atomic E-state index is 13.1.